The quantitative estimate of drug-likeness (QED) is 0.749. The molecule has 0 aromatic heterocycles. The van der Waals surface area contributed by atoms with Crippen molar-refractivity contribution in [3.8, 4) is 0 Å². The van der Waals surface area contributed by atoms with E-state index in [2.05, 4.69) is 5.32 Å². The summed E-state index contributed by atoms with van der Waals surface area (Å²) in [6, 6.07) is 0.469. The fourth-order valence-corrected chi connectivity index (χ4v) is 2.59. The number of nitrogens with one attached hydrogen (secondary N) is 1. The van der Waals surface area contributed by atoms with Gasteiger partial charge in [0.1, 0.15) is 0 Å². The summed E-state index contributed by atoms with van der Waals surface area (Å²) in [6.07, 6.45) is 5.78. The molecule has 0 bridgehead atoms. The third-order valence-electron chi connectivity index (χ3n) is 3.98. The van der Waals surface area contributed by atoms with E-state index in [1.165, 1.54) is 19.3 Å². The van der Waals surface area contributed by atoms with E-state index >= 15 is 0 Å². The van der Waals surface area contributed by atoms with Gasteiger partial charge in [0, 0.05) is 18.6 Å². The lowest BCUT2D eigenvalue weighted by molar-refractivity contribution is -0.142. The van der Waals surface area contributed by atoms with Crippen LogP contribution in [0.5, 0.6) is 0 Å². The lowest BCUT2D eigenvalue weighted by atomic mass is 9.95. The van der Waals surface area contributed by atoms with Crippen molar-refractivity contribution in [1.82, 2.24) is 10.2 Å². The Morgan fingerprint density at radius 1 is 1.20 bits per heavy atom. The van der Waals surface area contributed by atoms with Gasteiger partial charge in [-0.1, -0.05) is 26.2 Å². The zero-order valence-corrected chi connectivity index (χ0v) is 12.9. The third-order valence-corrected chi connectivity index (χ3v) is 3.98. The van der Waals surface area contributed by atoms with E-state index in [4.69, 9.17) is 5.11 Å². The van der Waals surface area contributed by atoms with Crippen molar-refractivity contribution in [2.45, 2.75) is 65.0 Å². The second kappa shape index (κ2) is 8.25. The molecule has 20 heavy (non-hydrogen) atoms. The highest BCUT2D eigenvalue weighted by molar-refractivity contribution is 5.78. The lowest BCUT2D eigenvalue weighted by Crippen LogP contribution is -2.46. The fourth-order valence-electron chi connectivity index (χ4n) is 2.59. The molecule has 1 aliphatic carbocycles. The van der Waals surface area contributed by atoms with E-state index < -0.39 is 11.9 Å². The second-order valence-corrected chi connectivity index (χ2v) is 6.16. The first-order valence-electron chi connectivity index (χ1n) is 7.66. The van der Waals surface area contributed by atoms with Crippen molar-refractivity contribution >= 4 is 11.9 Å². The van der Waals surface area contributed by atoms with Gasteiger partial charge in [-0.2, -0.15) is 0 Å². The van der Waals surface area contributed by atoms with Crippen LogP contribution in [-0.2, 0) is 9.59 Å². The van der Waals surface area contributed by atoms with Crippen LogP contribution in [-0.4, -0.2) is 47.1 Å². The summed E-state index contributed by atoms with van der Waals surface area (Å²) in [4.78, 5) is 24.9. The minimum Gasteiger partial charge on any atom is -0.481 e. The highest BCUT2D eigenvalue weighted by Gasteiger charge is 2.22. The zero-order valence-electron chi connectivity index (χ0n) is 12.9. The number of hydrogen-bond donors (Lipinski definition) is 2. The average molecular weight is 284 g/mol. The fraction of sp³-hybridized carbons (Fsp3) is 0.867. The van der Waals surface area contributed by atoms with Gasteiger partial charge in [-0.25, -0.2) is 0 Å². The molecule has 5 heteroatoms. The van der Waals surface area contributed by atoms with Crippen LogP contribution >= 0.6 is 0 Å². The maximum Gasteiger partial charge on any atom is 0.307 e. The first-order valence-corrected chi connectivity index (χ1v) is 7.66. The molecule has 5 nitrogen and oxygen atoms in total. The van der Waals surface area contributed by atoms with Crippen LogP contribution in [0, 0.1) is 5.92 Å². The van der Waals surface area contributed by atoms with E-state index in [1.54, 1.807) is 6.92 Å². The van der Waals surface area contributed by atoms with Crippen LogP contribution in [0.2, 0.25) is 0 Å². The van der Waals surface area contributed by atoms with E-state index in [0.717, 1.165) is 12.8 Å². The molecule has 1 unspecified atom stereocenters. The van der Waals surface area contributed by atoms with E-state index in [9.17, 15) is 9.59 Å². The largest absolute Gasteiger partial charge is 0.481 e. The van der Waals surface area contributed by atoms with E-state index in [0.29, 0.717) is 12.6 Å². The van der Waals surface area contributed by atoms with Crippen LogP contribution in [0.4, 0.5) is 0 Å². The number of carbonyl (C=O) groups is 2. The molecule has 0 aromatic rings. The Kier molecular flexibility index (Phi) is 6.99. The molecule has 1 amide bonds. The number of carboxylic acid groups (broad SMARTS) is 1. The van der Waals surface area contributed by atoms with Crippen LogP contribution < -0.4 is 5.32 Å². The zero-order chi connectivity index (χ0) is 15.1. The molecule has 0 heterocycles. The SMILES string of the molecule is CC(CN(CC(=O)NC1CCCCC1)C(C)C)C(=O)O. The number of hydrogen-bond acceptors (Lipinski definition) is 3. The molecule has 0 radical (unpaired) electrons. The Bertz CT molecular complexity index is 325. The lowest BCUT2D eigenvalue weighted by Gasteiger charge is -2.29. The molecule has 1 saturated carbocycles. The van der Waals surface area contributed by atoms with Gasteiger partial charge in [0.05, 0.1) is 12.5 Å². The van der Waals surface area contributed by atoms with Gasteiger partial charge in [0.25, 0.3) is 0 Å². The third kappa shape index (κ3) is 5.90. The van der Waals surface area contributed by atoms with Gasteiger partial charge in [0.2, 0.25) is 5.91 Å². The molecule has 1 fully saturated rings. The summed E-state index contributed by atoms with van der Waals surface area (Å²) in [7, 11) is 0. The number of carbonyl (C=O) groups excluding carboxylic acids is 1. The molecule has 0 spiro atoms. The second-order valence-electron chi connectivity index (χ2n) is 6.16. The minimum atomic E-state index is -0.816. The van der Waals surface area contributed by atoms with E-state index in [1.807, 2.05) is 18.7 Å². The van der Waals surface area contributed by atoms with Crippen molar-refractivity contribution < 1.29 is 14.7 Å². The number of aliphatic carboxylic acids is 1. The number of nitrogens with zero attached hydrogens (tertiary/aromatic N) is 1. The average Bonchev–Trinajstić information content (AvgIpc) is 2.38. The Morgan fingerprint density at radius 2 is 1.80 bits per heavy atom. The van der Waals surface area contributed by atoms with Crippen LogP contribution in [0.1, 0.15) is 52.9 Å². The Labute approximate surface area is 121 Å². The number of carboxylic acids is 1. The summed E-state index contributed by atoms with van der Waals surface area (Å²) in [5.74, 6) is -1.26. The standard InChI is InChI=1S/C15H28N2O3/c1-11(2)17(9-12(3)15(19)20)10-14(18)16-13-7-5-4-6-8-13/h11-13H,4-10H2,1-3H3,(H,16,18)(H,19,20). The predicted molar refractivity (Wildman–Crippen MR) is 78.5 cm³/mol. The topological polar surface area (TPSA) is 69.6 Å². The molecule has 116 valence electrons. The summed E-state index contributed by atoms with van der Waals surface area (Å²) >= 11 is 0. The van der Waals surface area contributed by atoms with Crippen LogP contribution in [0.15, 0.2) is 0 Å². The highest BCUT2D eigenvalue weighted by atomic mass is 16.4. The van der Waals surface area contributed by atoms with Crippen molar-refractivity contribution in [2.75, 3.05) is 13.1 Å². The maximum absolute atomic E-state index is 12.1. The molecular weight excluding hydrogens is 256 g/mol. The van der Waals surface area contributed by atoms with Crippen molar-refractivity contribution in [1.29, 1.82) is 0 Å². The van der Waals surface area contributed by atoms with E-state index in [-0.39, 0.29) is 18.5 Å². The van der Waals surface area contributed by atoms with Gasteiger partial charge in [-0.3, -0.25) is 14.5 Å². The first kappa shape index (κ1) is 17.0. The molecule has 1 rings (SSSR count). The van der Waals surface area contributed by atoms with Gasteiger partial charge in [0.15, 0.2) is 0 Å². The number of rotatable bonds is 7. The van der Waals surface area contributed by atoms with Crippen molar-refractivity contribution in [2.24, 2.45) is 5.92 Å². The minimum absolute atomic E-state index is 0.0168. The predicted octanol–water partition coefficient (Wildman–Crippen LogP) is 1.87. The Balaban J connectivity index is 2.43. The molecule has 0 aromatic carbocycles. The monoisotopic (exact) mass is 284 g/mol. The molecule has 1 aliphatic rings. The van der Waals surface area contributed by atoms with Crippen molar-refractivity contribution in [3.63, 3.8) is 0 Å². The van der Waals surface area contributed by atoms with Gasteiger partial charge in [-0.15, -0.1) is 0 Å². The maximum atomic E-state index is 12.1. The smallest absolute Gasteiger partial charge is 0.307 e. The number of amides is 1. The summed E-state index contributed by atoms with van der Waals surface area (Å²) in [6.45, 7) is 6.35. The highest BCUT2D eigenvalue weighted by Crippen LogP contribution is 2.17. The van der Waals surface area contributed by atoms with Gasteiger partial charge >= 0.3 is 5.97 Å². The van der Waals surface area contributed by atoms with Gasteiger partial charge in [-0.05, 0) is 26.7 Å². The normalized spacial score (nSPS) is 18.2. The molecule has 0 saturated heterocycles. The molecule has 2 N–H and O–H groups in total. The van der Waals surface area contributed by atoms with Crippen LogP contribution in [0.3, 0.4) is 0 Å². The van der Waals surface area contributed by atoms with Crippen LogP contribution in [0.25, 0.3) is 0 Å². The Morgan fingerprint density at radius 3 is 2.30 bits per heavy atom. The van der Waals surface area contributed by atoms with Crippen molar-refractivity contribution in [3.05, 3.63) is 0 Å². The molecule has 1 atom stereocenters. The summed E-state index contributed by atoms with van der Waals surface area (Å²) < 4.78 is 0. The molecule has 0 aliphatic heterocycles. The van der Waals surface area contributed by atoms with Gasteiger partial charge < -0.3 is 10.4 Å². The Hall–Kier alpha value is -1.10. The summed E-state index contributed by atoms with van der Waals surface area (Å²) in [5.41, 5.74) is 0. The summed E-state index contributed by atoms with van der Waals surface area (Å²) in [5, 5.41) is 12.1. The molecular formula is C15H28N2O3. The first-order chi connectivity index (χ1) is 9.40.